The van der Waals surface area contributed by atoms with Gasteiger partial charge in [0.1, 0.15) is 5.82 Å². The Labute approximate surface area is 217 Å². The summed E-state index contributed by atoms with van der Waals surface area (Å²) in [5.41, 5.74) is 4.05. The molecule has 8 nitrogen and oxygen atoms in total. The van der Waals surface area contributed by atoms with Gasteiger partial charge in [0.2, 0.25) is 0 Å². The van der Waals surface area contributed by atoms with E-state index in [4.69, 9.17) is 4.99 Å². The van der Waals surface area contributed by atoms with E-state index >= 15 is 0 Å². The third-order valence-electron chi connectivity index (χ3n) is 6.18. The number of unbranched alkanes of at least 4 members (excludes halogenated alkanes) is 1. The van der Waals surface area contributed by atoms with Crippen LogP contribution >= 0.6 is 11.3 Å². The predicted octanol–water partition coefficient (Wildman–Crippen LogP) is 6.16. The Morgan fingerprint density at radius 1 is 1.03 bits per heavy atom. The highest BCUT2D eigenvalue weighted by Gasteiger charge is 2.12. The molecule has 0 amide bonds. The maximum Gasteiger partial charge on any atom is 0.269 e. The molecule has 0 atom stereocenters. The first-order valence-electron chi connectivity index (χ1n) is 12.0. The molecule has 0 unspecified atom stereocenters. The molecule has 0 aliphatic rings. The first kappa shape index (κ1) is 24.3. The molecule has 37 heavy (non-hydrogen) atoms. The Bertz CT molecular complexity index is 1710. The molecule has 2 aromatic heterocycles. The summed E-state index contributed by atoms with van der Waals surface area (Å²) in [7, 11) is 0. The Kier molecular flexibility index (Phi) is 6.78. The van der Waals surface area contributed by atoms with Gasteiger partial charge in [0, 0.05) is 24.1 Å². The van der Waals surface area contributed by atoms with Crippen molar-refractivity contribution in [3.8, 4) is 16.9 Å². The van der Waals surface area contributed by atoms with E-state index in [1.807, 2.05) is 54.8 Å². The molecule has 0 saturated heterocycles. The number of aromatic nitrogens is 3. The summed E-state index contributed by atoms with van der Waals surface area (Å²) in [6, 6.07) is 21.5. The van der Waals surface area contributed by atoms with Gasteiger partial charge in [0.15, 0.2) is 4.80 Å². The summed E-state index contributed by atoms with van der Waals surface area (Å²) >= 11 is 1.53. The van der Waals surface area contributed by atoms with Gasteiger partial charge in [-0.2, -0.15) is 0 Å². The molecule has 3 aromatic carbocycles. The second-order valence-corrected chi connectivity index (χ2v) is 9.49. The van der Waals surface area contributed by atoms with E-state index in [0.717, 1.165) is 46.8 Å². The van der Waals surface area contributed by atoms with Gasteiger partial charge in [-0.1, -0.05) is 25.5 Å². The number of non-ortho nitro benzene ring substituents is 1. The molecule has 0 fully saturated rings. The first-order valence-corrected chi connectivity index (χ1v) is 12.9. The molecule has 5 rings (SSSR count). The highest BCUT2D eigenvalue weighted by atomic mass is 32.1. The number of hydrogen-bond acceptors (Lipinski definition) is 6. The normalized spacial score (nSPS) is 11.8. The molecular weight excluding hydrogens is 486 g/mol. The number of aryl methyl sites for hydroxylation is 1. The van der Waals surface area contributed by atoms with Crippen LogP contribution in [-0.2, 0) is 6.54 Å². The van der Waals surface area contributed by atoms with Crippen LogP contribution in [0.15, 0.2) is 88.0 Å². The monoisotopic (exact) mass is 511 g/mol. The Morgan fingerprint density at radius 2 is 1.76 bits per heavy atom. The van der Waals surface area contributed by atoms with Crippen molar-refractivity contribution in [2.24, 2.45) is 4.99 Å². The zero-order chi connectivity index (χ0) is 25.9. The minimum absolute atomic E-state index is 0.0695. The average Bonchev–Trinajstić information content (AvgIpc) is 3.30. The van der Waals surface area contributed by atoms with Crippen LogP contribution in [0.25, 0.3) is 27.8 Å². The molecule has 9 heteroatoms. The molecule has 0 aliphatic carbocycles. The summed E-state index contributed by atoms with van der Waals surface area (Å²) in [6.45, 7) is 4.76. The molecule has 0 saturated carbocycles. The summed E-state index contributed by atoms with van der Waals surface area (Å²) in [5, 5.41) is 13.7. The van der Waals surface area contributed by atoms with Crippen LogP contribution in [-0.4, -0.2) is 19.0 Å². The lowest BCUT2D eigenvalue weighted by Gasteiger charge is -2.11. The molecule has 0 N–H and O–H groups in total. The van der Waals surface area contributed by atoms with Crippen molar-refractivity contribution in [3.05, 3.63) is 109 Å². The fourth-order valence-corrected chi connectivity index (χ4v) is 5.23. The van der Waals surface area contributed by atoms with E-state index in [1.54, 1.807) is 22.8 Å². The number of para-hydroxylation sites is 1. The van der Waals surface area contributed by atoms with Gasteiger partial charge in [-0.05, 0) is 67.4 Å². The largest absolute Gasteiger partial charge is 0.316 e. The molecule has 5 aromatic rings. The maximum absolute atomic E-state index is 13.1. The van der Waals surface area contributed by atoms with Crippen LogP contribution in [0.2, 0.25) is 0 Å². The standard InChI is InChI=1S/C28H25N5O3S/c1-3-4-17-31-26(20-9-13-23(14-10-20)33(35)36)18-37-28(31)30-21-11-15-22(16-12-21)32-19(2)29-25-8-6-5-7-24(25)27(32)34/h5-16,18H,3-4,17H2,1-2H3. The van der Waals surface area contributed by atoms with Gasteiger partial charge in [0.05, 0.1) is 32.9 Å². The zero-order valence-corrected chi connectivity index (χ0v) is 21.3. The van der Waals surface area contributed by atoms with E-state index < -0.39 is 4.92 Å². The second kappa shape index (κ2) is 10.3. The zero-order valence-electron chi connectivity index (χ0n) is 20.5. The van der Waals surface area contributed by atoms with Crippen LogP contribution in [0, 0.1) is 17.0 Å². The lowest BCUT2D eigenvalue weighted by atomic mass is 10.1. The van der Waals surface area contributed by atoms with Crippen LogP contribution in [0.3, 0.4) is 0 Å². The smallest absolute Gasteiger partial charge is 0.269 e. The molecule has 0 spiro atoms. The Balaban J connectivity index is 1.52. The lowest BCUT2D eigenvalue weighted by Crippen LogP contribution is -2.22. The van der Waals surface area contributed by atoms with Crippen molar-refractivity contribution < 1.29 is 4.92 Å². The fraction of sp³-hybridized carbons (Fsp3) is 0.179. The van der Waals surface area contributed by atoms with Crippen molar-refractivity contribution in [1.82, 2.24) is 14.1 Å². The number of nitrogens with zero attached hydrogens (tertiary/aromatic N) is 5. The summed E-state index contributed by atoms with van der Waals surface area (Å²) < 4.78 is 3.77. The number of fused-ring (bicyclic) bond motifs is 1. The second-order valence-electron chi connectivity index (χ2n) is 8.66. The van der Waals surface area contributed by atoms with Crippen molar-refractivity contribution in [1.29, 1.82) is 0 Å². The van der Waals surface area contributed by atoms with Crippen LogP contribution < -0.4 is 10.4 Å². The molecule has 186 valence electrons. The minimum Gasteiger partial charge on any atom is -0.316 e. The number of thiazole rings is 1. The van der Waals surface area contributed by atoms with E-state index in [-0.39, 0.29) is 11.2 Å². The number of nitro groups is 1. The third-order valence-corrected chi connectivity index (χ3v) is 7.05. The van der Waals surface area contributed by atoms with Crippen LogP contribution in [0.5, 0.6) is 0 Å². The van der Waals surface area contributed by atoms with E-state index in [9.17, 15) is 14.9 Å². The summed E-state index contributed by atoms with van der Waals surface area (Å²) in [5.74, 6) is 0.622. The summed E-state index contributed by atoms with van der Waals surface area (Å²) in [6.07, 6.45) is 2.02. The third kappa shape index (κ3) is 4.85. The summed E-state index contributed by atoms with van der Waals surface area (Å²) in [4.78, 5) is 34.1. The number of nitro benzene ring substituents is 1. The van der Waals surface area contributed by atoms with Crippen molar-refractivity contribution in [3.63, 3.8) is 0 Å². The molecule has 2 heterocycles. The quantitative estimate of drug-likeness (QED) is 0.193. The molecular formula is C28H25N5O3S. The Hall–Kier alpha value is -4.37. The van der Waals surface area contributed by atoms with Crippen molar-refractivity contribution >= 4 is 33.6 Å². The molecule has 0 aliphatic heterocycles. The lowest BCUT2D eigenvalue weighted by molar-refractivity contribution is -0.384. The van der Waals surface area contributed by atoms with E-state index in [0.29, 0.717) is 16.7 Å². The van der Waals surface area contributed by atoms with Crippen LogP contribution in [0.1, 0.15) is 25.6 Å². The van der Waals surface area contributed by atoms with Gasteiger partial charge >= 0.3 is 0 Å². The topological polar surface area (TPSA) is 95.3 Å². The molecule has 0 bridgehead atoms. The van der Waals surface area contributed by atoms with Gasteiger partial charge in [-0.3, -0.25) is 19.5 Å². The van der Waals surface area contributed by atoms with Gasteiger partial charge in [0.25, 0.3) is 11.2 Å². The highest BCUT2D eigenvalue weighted by molar-refractivity contribution is 7.07. The van der Waals surface area contributed by atoms with E-state index in [2.05, 4.69) is 16.5 Å². The van der Waals surface area contributed by atoms with Crippen molar-refractivity contribution in [2.75, 3.05) is 0 Å². The average molecular weight is 512 g/mol. The first-order chi connectivity index (χ1) is 18.0. The molecule has 0 radical (unpaired) electrons. The number of rotatable bonds is 7. The van der Waals surface area contributed by atoms with E-state index in [1.165, 1.54) is 23.5 Å². The maximum atomic E-state index is 13.1. The number of hydrogen-bond donors (Lipinski definition) is 0. The van der Waals surface area contributed by atoms with Gasteiger partial charge in [-0.25, -0.2) is 9.98 Å². The van der Waals surface area contributed by atoms with Gasteiger partial charge in [-0.15, -0.1) is 11.3 Å². The SMILES string of the molecule is CCCCn1c(-c2ccc([N+](=O)[O-])cc2)csc1=Nc1ccc(-n2c(C)nc3ccccc3c2=O)cc1. The predicted molar refractivity (Wildman–Crippen MR) is 147 cm³/mol. The fourth-order valence-electron chi connectivity index (χ4n) is 4.27. The van der Waals surface area contributed by atoms with Gasteiger partial charge < -0.3 is 4.57 Å². The van der Waals surface area contributed by atoms with Crippen molar-refractivity contribution in [2.45, 2.75) is 33.2 Å². The highest BCUT2D eigenvalue weighted by Crippen LogP contribution is 2.24. The minimum atomic E-state index is -0.392. The number of benzene rings is 3. The Morgan fingerprint density at radius 3 is 2.46 bits per heavy atom. The van der Waals surface area contributed by atoms with Crippen LogP contribution in [0.4, 0.5) is 11.4 Å².